The molecule has 3 N–H and O–H groups in total. The number of nitrogens with zero attached hydrogens (tertiary/aromatic N) is 1. The molecule has 0 aliphatic carbocycles. The van der Waals surface area contributed by atoms with Gasteiger partial charge in [-0.3, -0.25) is 14.5 Å². The molecule has 0 fully saturated rings. The van der Waals surface area contributed by atoms with Crippen LogP contribution in [0.5, 0.6) is 5.75 Å². The Kier molecular flexibility index (Phi) is 7.37. The molecule has 162 valence electrons. The second kappa shape index (κ2) is 10.4. The van der Waals surface area contributed by atoms with E-state index in [1.165, 1.54) is 18.1 Å². The van der Waals surface area contributed by atoms with Gasteiger partial charge in [0.1, 0.15) is 11.8 Å². The molecule has 6 nitrogen and oxygen atoms in total. The van der Waals surface area contributed by atoms with Crippen LogP contribution in [0.1, 0.15) is 17.2 Å². The lowest BCUT2D eigenvalue weighted by molar-refractivity contribution is -0.125. The van der Waals surface area contributed by atoms with Crippen molar-refractivity contribution in [1.82, 2.24) is 5.32 Å². The van der Waals surface area contributed by atoms with Crippen molar-refractivity contribution in [3.05, 3.63) is 88.9 Å². The van der Waals surface area contributed by atoms with Gasteiger partial charge >= 0.3 is 5.91 Å². The minimum atomic E-state index is -1.07. The number of ether oxygens (including phenoxy) is 1. The van der Waals surface area contributed by atoms with Crippen LogP contribution in [0.25, 0.3) is 0 Å². The maximum Gasteiger partial charge on any atom is 0.303 e. The number of carbonyl (C=O) groups is 2. The molecule has 32 heavy (non-hydrogen) atoms. The van der Waals surface area contributed by atoms with Gasteiger partial charge in [-0.15, -0.1) is 6.42 Å². The maximum absolute atomic E-state index is 13.4. The molecule has 0 bridgehead atoms. The van der Waals surface area contributed by atoms with Crippen molar-refractivity contribution in [2.75, 3.05) is 17.7 Å². The second-order valence-electron chi connectivity index (χ2n) is 6.91. The molecule has 0 aliphatic heterocycles. The summed E-state index contributed by atoms with van der Waals surface area (Å²) in [4.78, 5) is 27.5. The fourth-order valence-electron chi connectivity index (χ4n) is 3.29. The van der Waals surface area contributed by atoms with Gasteiger partial charge in [0, 0.05) is 17.9 Å². The summed E-state index contributed by atoms with van der Waals surface area (Å²) in [6, 6.07) is 19.9. The molecule has 0 heterocycles. The quantitative estimate of drug-likeness (QED) is 0.424. The van der Waals surface area contributed by atoms with Gasteiger partial charge in [-0.2, -0.15) is 0 Å². The van der Waals surface area contributed by atoms with Crippen LogP contribution in [-0.2, 0) is 16.1 Å². The molecule has 0 aliphatic rings. The summed E-state index contributed by atoms with van der Waals surface area (Å²) in [7, 11) is 1.48. The highest BCUT2D eigenvalue weighted by Gasteiger charge is 2.32. The SMILES string of the molecule is C#CC(=O)N(c1ccc(OC)c(Cl)c1)C(C(=O)NCc1ccccc1)c1cccc(N)c1. The van der Waals surface area contributed by atoms with Crippen molar-refractivity contribution in [3.8, 4) is 18.1 Å². The summed E-state index contributed by atoms with van der Waals surface area (Å²) in [6.07, 6.45) is 5.46. The fourth-order valence-corrected chi connectivity index (χ4v) is 3.54. The van der Waals surface area contributed by atoms with Gasteiger partial charge in [-0.1, -0.05) is 54.1 Å². The maximum atomic E-state index is 13.4. The Morgan fingerprint density at radius 2 is 1.88 bits per heavy atom. The number of hydrogen-bond donors (Lipinski definition) is 2. The molecular weight excluding hydrogens is 426 g/mol. The van der Waals surface area contributed by atoms with E-state index in [4.69, 9.17) is 28.5 Å². The third-order valence-corrected chi connectivity index (χ3v) is 5.09. The van der Waals surface area contributed by atoms with E-state index in [1.807, 2.05) is 30.3 Å². The van der Waals surface area contributed by atoms with Crippen LogP contribution in [0.4, 0.5) is 11.4 Å². The standard InChI is InChI=1S/C25H22ClN3O3/c1-3-23(30)29(20-12-13-22(32-2)21(26)15-20)24(18-10-7-11-19(27)14-18)25(31)28-16-17-8-5-4-6-9-17/h1,4-15,24H,16,27H2,2H3,(H,28,31). The zero-order valence-electron chi connectivity index (χ0n) is 17.4. The number of methoxy groups -OCH3 is 1. The molecule has 0 saturated carbocycles. The fraction of sp³-hybridized carbons (Fsp3) is 0.120. The van der Waals surface area contributed by atoms with E-state index < -0.39 is 17.9 Å². The van der Waals surface area contributed by atoms with Gasteiger partial charge in [0.05, 0.1) is 12.1 Å². The van der Waals surface area contributed by atoms with Crippen LogP contribution in [0.15, 0.2) is 72.8 Å². The number of nitrogens with one attached hydrogen (secondary N) is 1. The number of hydrogen-bond acceptors (Lipinski definition) is 4. The Morgan fingerprint density at radius 1 is 1.12 bits per heavy atom. The third-order valence-electron chi connectivity index (χ3n) is 4.80. The Balaban J connectivity index is 2.05. The average molecular weight is 448 g/mol. The number of terminal acetylenes is 1. The van der Waals surface area contributed by atoms with Crippen LogP contribution in [0.2, 0.25) is 5.02 Å². The van der Waals surface area contributed by atoms with Gasteiger partial charge < -0.3 is 15.8 Å². The monoisotopic (exact) mass is 447 g/mol. The van der Waals surface area contributed by atoms with Crippen LogP contribution < -0.4 is 20.7 Å². The zero-order chi connectivity index (χ0) is 23.1. The van der Waals surface area contributed by atoms with Crippen molar-refractivity contribution in [1.29, 1.82) is 0 Å². The molecule has 0 aromatic heterocycles. The number of rotatable bonds is 7. The molecule has 3 aromatic carbocycles. The molecule has 0 saturated heterocycles. The lowest BCUT2D eigenvalue weighted by Crippen LogP contribution is -2.43. The number of nitrogen functional groups attached to an aromatic ring is 1. The zero-order valence-corrected chi connectivity index (χ0v) is 18.2. The summed E-state index contributed by atoms with van der Waals surface area (Å²) >= 11 is 6.28. The van der Waals surface area contributed by atoms with Gasteiger partial charge in [0.2, 0.25) is 5.91 Å². The first-order valence-electron chi connectivity index (χ1n) is 9.75. The molecule has 7 heteroatoms. The number of nitrogens with two attached hydrogens (primary N) is 1. The van der Waals surface area contributed by atoms with Crippen molar-refractivity contribution < 1.29 is 14.3 Å². The van der Waals surface area contributed by atoms with Gasteiger partial charge in [-0.25, -0.2) is 0 Å². The Hall–Kier alpha value is -3.95. The van der Waals surface area contributed by atoms with Crippen LogP contribution in [0, 0.1) is 12.3 Å². The van der Waals surface area contributed by atoms with Crippen molar-refractivity contribution in [2.24, 2.45) is 0 Å². The molecule has 3 aromatic rings. The summed E-state index contributed by atoms with van der Waals surface area (Å²) in [5.74, 6) is 1.41. The first-order valence-corrected chi connectivity index (χ1v) is 10.1. The predicted molar refractivity (Wildman–Crippen MR) is 126 cm³/mol. The minimum Gasteiger partial charge on any atom is -0.495 e. The molecule has 1 atom stereocenters. The highest BCUT2D eigenvalue weighted by Crippen LogP contribution is 2.34. The number of benzene rings is 3. The summed E-state index contributed by atoms with van der Waals surface area (Å²) in [5, 5.41) is 3.16. The van der Waals surface area contributed by atoms with Crippen LogP contribution >= 0.6 is 11.6 Å². The Bertz CT molecular complexity index is 1160. The lowest BCUT2D eigenvalue weighted by Gasteiger charge is -2.30. The number of amides is 2. The highest BCUT2D eigenvalue weighted by molar-refractivity contribution is 6.32. The first-order chi connectivity index (χ1) is 15.4. The lowest BCUT2D eigenvalue weighted by atomic mass is 10.0. The predicted octanol–water partition coefficient (Wildman–Crippen LogP) is 3.95. The Labute approximate surface area is 191 Å². The smallest absolute Gasteiger partial charge is 0.303 e. The summed E-state index contributed by atoms with van der Waals surface area (Å²) in [5.41, 5.74) is 8.17. The van der Waals surface area contributed by atoms with Crippen molar-refractivity contribution in [2.45, 2.75) is 12.6 Å². The third kappa shape index (κ3) is 5.20. The normalized spacial score (nSPS) is 11.2. The summed E-state index contributed by atoms with van der Waals surface area (Å²) in [6.45, 7) is 0.278. The second-order valence-corrected chi connectivity index (χ2v) is 7.32. The van der Waals surface area contributed by atoms with Crippen LogP contribution in [0.3, 0.4) is 0 Å². The summed E-state index contributed by atoms with van der Waals surface area (Å²) < 4.78 is 5.19. The Morgan fingerprint density at radius 3 is 2.50 bits per heavy atom. The van der Waals surface area contributed by atoms with E-state index >= 15 is 0 Å². The van der Waals surface area contributed by atoms with E-state index in [2.05, 4.69) is 11.2 Å². The van der Waals surface area contributed by atoms with E-state index in [-0.39, 0.29) is 11.6 Å². The molecular formula is C25H22ClN3O3. The molecule has 3 rings (SSSR count). The molecule has 0 radical (unpaired) electrons. The van der Waals surface area contributed by atoms with Crippen molar-refractivity contribution in [3.63, 3.8) is 0 Å². The number of carbonyl (C=O) groups excluding carboxylic acids is 2. The van der Waals surface area contributed by atoms with Crippen LogP contribution in [-0.4, -0.2) is 18.9 Å². The van der Waals surface area contributed by atoms with Gasteiger partial charge in [0.15, 0.2) is 0 Å². The number of halogens is 1. The van der Waals surface area contributed by atoms with E-state index in [0.717, 1.165) is 5.56 Å². The van der Waals surface area contributed by atoms with E-state index in [9.17, 15) is 9.59 Å². The topological polar surface area (TPSA) is 84.7 Å². The molecule has 0 spiro atoms. The molecule has 1 unspecified atom stereocenters. The van der Waals surface area contributed by atoms with Gasteiger partial charge in [0.25, 0.3) is 0 Å². The average Bonchev–Trinajstić information content (AvgIpc) is 2.81. The number of anilines is 2. The molecule has 2 amide bonds. The van der Waals surface area contributed by atoms with E-state index in [0.29, 0.717) is 22.7 Å². The van der Waals surface area contributed by atoms with Gasteiger partial charge in [-0.05, 0) is 47.4 Å². The van der Waals surface area contributed by atoms with Crippen molar-refractivity contribution >= 4 is 34.8 Å². The first kappa shape index (κ1) is 22.7. The highest BCUT2D eigenvalue weighted by atomic mass is 35.5. The minimum absolute atomic E-state index is 0.274. The van der Waals surface area contributed by atoms with E-state index in [1.54, 1.807) is 36.4 Å². The largest absolute Gasteiger partial charge is 0.495 e.